The summed E-state index contributed by atoms with van der Waals surface area (Å²) in [6.07, 6.45) is 0.860. The minimum Gasteiger partial charge on any atom is -0.459 e. The van der Waals surface area contributed by atoms with Gasteiger partial charge in [0.05, 0.1) is 11.6 Å². The molecule has 0 aliphatic rings. The Morgan fingerprint density at radius 1 is 1.07 bits per heavy atom. The van der Waals surface area contributed by atoms with Gasteiger partial charge in [0.1, 0.15) is 11.3 Å². The standard InChI is InChI=1S/C21H20N2O4/c1-14(19-13-15-7-2-4-9-17(15)26-19)22-20(24)11-6-12-23-16-8-3-5-10-18(16)27-21(23)25/h2-5,7-10,13-14H,6,11-12H2,1H3,(H,22,24). The normalized spacial score (nSPS) is 12.5. The number of rotatable bonds is 6. The molecule has 27 heavy (non-hydrogen) atoms. The Bertz CT molecular complexity index is 1120. The number of fused-ring (bicyclic) bond motifs is 2. The minimum atomic E-state index is -0.396. The number of benzene rings is 2. The number of aromatic nitrogens is 1. The molecular formula is C21H20N2O4. The summed E-state index contributed by atoms with van der Waals surface area (Å²) in [5.74, 6) is 0.248. The van der Waals surface area contributed by atoms with E-state index in [0.717, 1.165) is 22.2 Å². The van der Waals surface area contributed by atoms with Crippen LogP contribution in [0.2, 0.25) is 0 Å². The maximum absolute atomic E-state index is 12.3. The molecule has 6 heteroatoms. The number of carbonyl (C=O) groups excluding carboxylic acids is 1. The summed E-state index contributed by atoms with van der Waals surface area (Å²) in [5.41, 5.74) is 2.11. The van der Waals surface area contributed by atoms with E-state index in [4.69, 9.17) is 8.83 Å². The Labute approximate surface area is 155 Å². The molecule has 2 heterocycles. The van der Waals surface area contributed by atoms with Gasteiger partial charge >= 0.3 is 5.76 Å². The lowest BCUT2D eigenvalue weighted by molar-refractivity contribution is -0.122. The van der Waals surface area contributed by atoms with Crippen LogP contribution in [-0.2, 0) is 11.3 Å². The number of aryl methyl sites for hydroxylation is 1. The van der Waals surface area contributed by atoms with Crippen LogP contribution in [0.15, 0.2) is 68.2 Å². The van der Waals surface area contributed by atoms with Crippen LogP contribution in [-0.4, -0.2) is 10.5 Å². The van der Waals surface area contributed by atoms with Crippen molar-refractivity contribution in [3.8, 4) is 0 Å². The van der Waals surface area contributed by atoms with Gasteiger partial charge in [-0.25, -0.2) is 4.79 Å². The lowest BCUT2D eigenvalue weighted by Crippen LogP contribution is -2.26. The van der Waals surface area contributed by atoms with Gasteiger partial charge < -0.3 is 14.2 Å². The fourth-order valence-corrected chi connectivity index (χ4v) is 3.22. The molecule has 0 spiro atoms. The van der Waals surface area contributed by atoms with Crippen LogP contribution in [0.5, 0.6) is 0 Å². The largest absolute Gasteiger partial charge is 0.459 e. The van der Waals surface area contributed by atoms with E-state index in [1.165, 1.54) is 0 Å². The summed E-state index contributed by atoms with van der Waals surface area (Å²) < 4.78 is 12.5. The molecule has 1 atom stereocenters. The molecule has 0 radical (unpaired) electrons. The molecule has 1 N–H and O–H groups in total. The monoisotopic (exact) mass is 364 g/mol. The molecule has 0 aliphatic heterocycles. The molecule has 0 saturated carbocycles. The summed E-state index contributed by atoms with van der Waals surface area (Å²) in [7, 11) is 0. The van der Waals surface area contributed by atoms with Gasteiger partial charge in [-0.2, -0.15) is 0 Å². The van der Waals surface area contributed by atoms with Crippen molar-refractivity contribution in [2.45, 2.75) is 32.4 Å². The highest BCUT2D eigenvalue weighted by Gasteiger charge is 2.14. The van der Waals surface area contributed by atoms with E-state index < -0.39 is 5.76 Å². The fourth-order valence-electron chi connectivity index (χ4n) is 3.22. The molecule has 6 nitrogen and oxygen atoms in total. The first-order chi connectivity index (χ1) is 13.1. The van der Waals surface area contributed by atoms with Crippen molar-refractivity contribution in [2.24, 2.45) is 0 Å². The van der Waals surface area contributed by atoms with E-state index in [9.17, 15) is 9.59 Å². The Hall–Kier alpha value is -3.28. The Kier molecular flexibility index (Phi) is 4.54. The quantitative estimate of drug-likeness (QED) is 0.561. The van der Waals surface area contributed by atoms with Crippen LogP contribution in [0.4, 0.5) is 0 Å². The number of amides is 1. The zero-order chi connectivity index (χ0) is 18.8. The number of nitrogens with one attached hydrogen (secondary N) is 1. The number of furan rings is 1. The van der Waals surface area contributed by atoms with Gasteiger partial charge in [-0.05, 0) is 37.6 Å². The minimum absolute atomic E-state index is 0.0798. The molecule has 0 saturated heterocycles. The third-order valence-corrected chi connectivity index (χ3v) is 4.61. The van der Waals surface area contributed by atoms with Crippen molar-refractivity contribution < 1.29 is 13.6 Å². The van der Waals surface area contributed by atoms with Crippen molar-refractivity contribution in [1.29, 1.82) is 0 Å². The number of oxazole rings is 1. The summed E-state index contributed by atoms with van der Waals surface area (Å²) in [5, 5.41) is 3.96. The summed E-state index contributed by atoms with van der Waals surface area (Å²) in [6, 6.07) is 16.7. The summed E-state index contributed by atoms with van der Waals surface area (Å²) in [4.78, 5) is 24.2. The van der Waals surface area contributed by atoms with Crippen LogP contribution >= 0.6 is 0 Å². The van der Waals surface area contributed by atoms with Gasteiger partial charge in [0.25, 0.3) is 0 Å². The predicted octanol–water partition coefficient (Wildman–Crippen LogP) is 4.00. The molecule has 2 aromatic heterocycles. The zero-order valence-electron chi connectivity index (χ0n) is 15.0. The zero-order valence-corrected chi connectivity index (χ0v) is 15.0. The molecule has 0 fully saturated rings. The topological polar surface area (TPSA) is 77.4 Å². The molecule has 0 bridgehead atoms. The van der Waals surface area contributed by atoms with Crippen LogP contribution in [0.1, 0.15) is 31.6 Å². The van der Waals surface area contributed by atoms with Crippen LogP contribution in [0, 0.1) is 0 Å². The van der Waals surface area contributed by atoms with Gasteiger partial charge in [-0.1, -0.05) is 30.3 Å². The third kappa shape index (κ3) is 3.51. The maximum Gasteiger partial charge on any atom is 0.419 e. The average Bonchev–Trinajstić information content (AvgIpc) is 3.23. The van der Waals surface area contributed by atoms with Crippen molar-refractivity contribution in [3.63, 3.8) is 0 Å². The fraction of sp³-hybridized carbons (Fsp3) is 0.238. The molecule has 1 unspecified atom stereocenters. The lowest BCUT2D eigenvalue weighted by atomic mass is 10.2. The number of carbonyl (C=O) groups is 1. The molecule has 2 aromatic carbocycles. The number of hydrogen-bond donors (Lipinski definition) is 1. The van der Waals surface area contributed by atoms with Crippen molar-refractivity contribution in [3.05, 3.63) is 70.9 Å². The first-order valence-corrected chi connectivity index (χ1v) is 8.98. The summed E-state index contributed by atoms with van der Waals surface area (Å²) in [6.45, 7) is 2.33. The Morgan fingerprint density at radius 3 is 2.63 bits per heavy atom. The number of nitrogens with zero attached hydrogens (tertiary/aromatic N) is 1. The third-order valence-electron chi connectivity index (χ3n) is 4.61. The van der Waals surface area contributed by atoms with Crippen molar-refractivity contribution in [2.75, 3.05) is 0 Å². The second-order valence-corrected chi connectivity index (χ2v) is 6.57. The first-order valence-electron chi connectivity index (χ1n) is 8.98. The highest BCUT2D eigenvalue weighted by atomic mass is 16.4. The number of hydrogen-bond acceptors (Lipinski definition) is 4. The first kappa shape index (κ1) is 17.1. The molecule has 4 rings (SSSR count). The van der Waals surface area contributed by atoms with Gasteiger partial charge in [-0.15, -0.1) is 0 Å². The molecule has 0 aliphatic carbocycles. The average molecular weight is 364 g/mol. The second-order valence-electron chi connectivity index (χ2n) is 6.57. The van der Waals surface area contributed by atoms with E-state index >= 15 is 0 Å². The van der Waals surface area contributed by atoms with Crippen LogP contribution < -0.4 is 11.1 Å². The van der Waals surface area contributed by atoms with E-state index in [1.54, 1.807) is 10.6 Å². The molecule has 138 valence electrons. The smallest absolute Gasteiger partial charge is 0.419 e. The SMILES string of the molecule is CC(NC(=O)CCCn1c(=O)oc2ccccc21)c1cc2ccccc2o1. The second kappa shape index (κ2) is 7.15. The maximum atomic E-state index is 12.3. The number of para-hydroxylation sites is 3. The van der Waals surface area contributed by atoms with Crippen LogP contribution in [0.3, 0.4) is 0 Å². The molecule has 1 amide bonds. The predicted molar refractivity (Wildman–Crippen MR) is 102 cm³/mol. The Balaban J connectivity index is 1.35. The Morgan fingerprint density at radius 2 is 1.81 bits per heavy atom. The van der Waals surface area contributed by atoms with Crippen LogP contribution in [0.25, 0.3) is 22.1 Å². The molecule has 4 aromatic rings. The summed E-state index contributed by atoms with van der Waals surface area (Å²) >= 11 is 0. The van der Waals surface area contributed by atoms with Gasteiger partial charge in [-0.3, -0.25) is 9.36 Å². The van der Waals surface area contributed by atoms with Crippen molar-refractivity contribution in [1.82, 2.24) is 9.88 Å². The van der Waals surface area contributed by atoms with Gasteiger partial charge in [0.2, 0.25) is 5.91 Å². The van der Waals surface area contributed by atoms with E-state index in [0.29, 0.717) is 25.0 Å². The highest BCUT2D eigenvalue weighted by molar-refractivity contribution is 5.79. The van der Waals surface area contributed by atoms with Crippen molar-refractivity contribution >= 4 is 28.0 Å². The molecular weight excluding hydrogens is 344 g/mol. The van der Waals surface area contributed by atoms with Gasteiger partial charge in [0.15, 0.2) is 5.58 Å². The van der Waals surface area contributed by atoms with Gasteiger partial charge in [0, 0.05) is 18.4 Å². The van der Waals surface area contributed by atoms with E-state index in [1.807, 2.05) is 55.5 Å². The van der Waals surface area contributed by atoms with E-state index in [-0.39, 0.29) is 11.9 Å². The lowest BCUT2D eigenvalue weighted by Gasteiger charge is -2.11. The van der Waals surface area contributed by atoms with E-state index in [2.05, 4.69) is 5.32 Å². The highest BCUT2D eigenvalue weighted by Crippen LogP contribution is 2.23.